The van der Waals surface area contributed by atoms with E-state index < -0.39 is 18.6 Å². The van der Waals surface area contributed by atoms with Crippen LogP contribution < -0.4 is 10.1 Å². The minimum atomic E-state index is -0.869. The molecule has 1 atom stereocenters. The smallest absolute Gasteiger partial charge is 0.328 e. The first kappa shape index (κ1) is 20.2. The molecule has 1 amide bonds. The monoisotopic (exact) mass is 369 g/mol. The number of ether oxygens (including phenoxy) is 2. The number of ketones is 1. The van der Waals surface area contributed by atoms with Crippen molar-refractivity contribution in [3.8, 4) is 5.75 Å². The summed E-state index contributed by atoms with van der Waals surface area (Å²) in [6.45, 7) is 5.41. The molecule has 0 bridgehead atoms. The van der Waals surface area contributed by atoms with Crippen LogP contribution in [0.2, 0.25) is 0 Å². The molecule has 2 aromatic carbocycles. The molecule has 0 aromatic heterocycles. The number of amides is 1. The van der Waals surface area contributed by atoms with Gasteiger partial charge >= 0.3 is 5.97 Å². The largest absolute Gasteiger partial charge is 0.494 e. The fraction of sp³-hybridized carbons (Fsp3) is 0.286. The Labute approximate surface area is 158 Å². The summed E-state index contributed by atoms with van der Waals surface area (Å²) in [6, 6.07) is 12.8. The van der Waals surface area contributed by atoms with Gasteiger partial charge in [0.15, 0.2) is 12.4 Å². The standard InChI is InChI=1S/C21H23NO5/c1-4-26-18-10-8-16(9-11-18)19(23)13-27-21(25)15(3)22-20(24)17-7-5-6-14(2)12-17/h5-12,15H,4,13H2,1-3H3,(H,22,24)/t15-/m0/s1. The quantitative estimate of drug-likeness (QED) is 0.571. The highest BCUT2D eigenvalue weighted by atomic mass is 16.5. The first-order chi connectivity index (χ1) is 12.9. The molecule has 0 heterocycles. The van der Waals surface area contributed by atoms with E-state index in [0.29, 0.717) is 23.5 Å². The Morgan fingerprint density at radius 3 is 2.37 bits per heavy atom. The molecular formula is C21H23NO5. The molecule has 0 saturated carbocycles. The van der Waals surface area contributed by atoms with Crippen molar-refractivity contribution in [2.45, 2.75) is 26.8 Å². The van der Waals surface area contributed by atoms with Crippen LogP contribution in [0.1, 0.15) is 40.1 Å². The van der Waals surface area contributed by atoms with Crippen molar-refractivity contribution < 1.29 is 23.9 Å². The lowest BCUT2D eigenvalue weighted by molar-refractivity contribution is -0.144. The zero-order valence-electron chi connectivity index (χ0n) is 15.7. The number of carbonyl (C=O) groups is 3. The zero-order valence-corrected chi connectivity index (χ0v) is 15.7. The number of esters is 1. The molecule has 1 N–H and O–H groups in total. The molecule has 0 spiro atoms. The topological polar surface area (TPSA) is 81.7 Å². The van der Waals surface area contributed by atoms with E-state index >= 15 is 0 Å². The molecule has 6 nitrogen and oxygen atoms in total. The molecule has 2 aromatic rings. The fourth-order valence-corrected chi connectivity index (χ4v) is 2.37. The van der Waals surface area contributed by atoms with E-state index in [-0.39, 0.29) is 11.7 Å². The average Bonchev–Trinajstić information content (AvgIpc) is 2.66. The number of Topliss-reactive ketones (excluding diaryl/α,β-unsaturated/α-hetero) is 1. The SMILES string of the molecule is CCOc1ccc(C(=O)COC(=O)[C@H](C)NC(=O)c2cccc(C)c2)cc1. The third-order valence-electron chi connectivity index (χ3n) is 3.81. The van der Waals surface area contributed by atoms with Crippen molar-refractivity contribution in [3.63, 3.8) is 0 Å². The fourth-order valence-electron chi connectivity index (χ4n) is 2.37. The van der Waals surface area contributed by atoms with E-state index in [9.17, 15) is 14.4 Å². The maximum absolute atomic E-state index is 12.2. The Morgan fingerprint density at radius 1 is 1.04 bits per heavy atom. The molecule has 0 aliphatic heterocycles. The van der Waals surface area contributed by atoms with Crippen molar-refractivity contribution >= 4 is 17.7 Å². The van der Waals surface area contributed by atoms with Crippen molar-refractivity contribution in [1.29, 1.82) is 0 Å². The van der Waals surface area contributed by atoms with Crippen molar-refractivity contribution in [2.75, 3.05) is 13.2 Å². The van der Waals surface area contributed by atoms with E-state index in [4.69, 9.17) is 9.47 Å². The summed E-state index contributed by atoms with van der Waals surface area (Å²) in [7, 11) is 0. The summed E-state index contributed by atoms with van der Waals surface area (Å²) in [5.41, 5.74) is 1.82. The van der Waals surface area contributed by atoms with Crippen LogP contribution in [0.25, 0.3) is 0 Å². The highest BCUT2D eigenvalue weighted by Gasteiger charge is 2.19. The first-order valence-corrected chi connectivity index (χ1v) is 8.71. The van der Waals surface area contributed by atoms with Gasteiger partial charge in [-0.2, -0.15) is 0 Å². The number of hydrogen-bond donors (Lipinski definition) is 1. The van der Waals surface area contributed by atoms with Crippen LogP contribution >= 0.6 is 0 Å². The Bertz CT molecular complexity index is 814. The predicted molar refractivity (Wildman–Crippen MR) is 101 cm³/mol. The summed E-state index contributed by atoms with van der Waals surface area (Å²) < 4.78 is 10.3. The Hall–Kier alpha value is -3.15. The second-order valence-electron chi connectivity index (χ2n) is 6.05. The molecular weight excluding hydrogens is 346 g/mol. The van der Waals surface area contributed by atoms with Crippen molar-refractivity contribution in [1.82, 2.24) is 5.32 Å². The van der Waals surface area contributed by atoms with Crippen LogP contribution in [0, 0.1) is 6.92 Å². The lowest BCUT2D eigenvalue weighted by Crippen LogP contribution is -2.40. The highest BCUT2D eigenvalue weighted by Crippen LogP contribution is 2.12. The zero-order chi connectivity index (χ0) is 19.8. The van der Waals surface area contributed by atoms with Crippen molar-refractivity contribution in [2.24, 2.45) is 0 Å². The maximum Gasteiger partial charge on any atom is 0.328 e. The van der Waals surface area contributed by atoms with Crippen molar-refractivity contribution in [3.05, 3.63) is 65.2 Å². The summed E-state index contributed by atoms with van der Waals surface area (Å²) in [4.78, 5) is 36.3. The molecule has 0 unspecified atom stereocenters. The molecule has 0 fully saturated rings. The van der Waals surface area contributed by atoms with Gasteiger partial charge in [-0.3, -0.25) is 9.59 Å². The van der Waals surface area contributed by atoms with E-state index in [1.165, 1.54) is 6.92 Å². The van der Waals surface area contributed by atoms with Crippen LogP contribution in [0.3, 0.4) is 0 Å². The molecule has 142 valence electrons. The molecule has 0 aliphatic carbocycles. The number of rotatable bonds is 8. The normalized spacial score (nSPS) is 11.4. The van der Waals surface area contributed by atoms with Gasteiger partial charge in [0.2, 0.25) is 0 Å². The Balaban J connectivity index is 1.85. The molecule has 0 radical (unpaired) electrons. The van der Waals surface area contributed by atoms with E-state index in [1.807, 2.05) is 19.9 Å². The molecule has 27 heavy (non-hydrogen) atoms. The second-order valence-corrected chi connectivity index (χ2v) is 6.05. The van der Waals surface area contributed by atoms with Gasteiger partial charge in [-0.15, -0.1) is 0 Å². The highest BCUT2D eigenvalue weighted by molar-refractivity contribution is 5.99. The Kier molecular flexibility index (Phi) is 7.11. The number of hydrogen-bond acceptors (Lipinski definition) is 5. The lowest BCUT2D eigenvalue weighted by Gasteiger charge is -2.13. The minimum Gasteiger partial charge on any atom is -0.494 e. The van der Waals surface area contributed by atoms with Gasteiger partial charge in [0.25, 0.3) is 5.91 Å². The van der Waals surface area contributed by atoms with Gasteiger partial charge in [0.1, 0.15) is 11.8 Å². The number of nitrogens with one attached hydrogen (secondary N) is 1. The Morgan fingerprint density at radius 2 is 1.74 bits per heavy atom. The summed E-state index contributed by atoms with van der Waals surface area (Å²) in [5.74, 6) is -0.710. The molecule has 2 rings (SSSR count). The van der Waals surface area contributed by atoms with Gasteiger partial charge in [0.05, 0.1) is 6.61 Å². The van der Waals surface area contributed by atoms with E-state index in [1.54, 1.807) is 42.5 Å². The number of benzene rings is 2. The van der Waals surface area contributed by atoms with Crippen LogP contribution in [0.15, 0.2) is 48.5 Å². The molecule has 0 aliphatic rings. The van der Waals surface area contributed by atoms with Crippen LogP contribution in [-0.2, 0) is 9.53 Å². The summed E-state index contributed by atoms with van der Waals surface area (Å²) in [6.07, 6.45) is 0. The average molecular weight is 369 g/mol. The predicted octanol–water partition coefficient (Wildman–Crippen LogP) is 2.94. The van der Waals surface area contributed by atoms with Gasteiger partial charge in [0, 0.05) is 11.1 Å². The number of aryl methyl sites for hydroxylation is 1. The first-order valence-electron chi connectivity index (χ1n) is 8.71. The minimum absolute atomic E-state index is 0.330. The van der Waals surface area contributed by atoms with Gasteiger partial charge in [-0.05, 0) is 57.2 Å². The summed E-state index contributed by atoms with van der Waals surface area (Å²) in [5, 5.41) is 2.57. The lowest BCUT2D eigenvalue weighted by atomic mass is 10.1. The second kappa shape index (κ2) is 9.52. The maximum atomic E-state index is 12.2. The third kappa shape index (κ3) is 5.95. The van der Waals surface area contributed by atoms with Crippen LogP contribution in [-0.4, -0.2) is 36.9 Å². The van der Waals surface area contributed by atoms with E-state index in [2.05, 4.69) is 5.32 Å². The van der Waals surface area contributed by atoms with Gasteiger partial charge in [-0.1, -0.05) is 17.7 Å². The van der Waals surface area contributed by atoms with Crippen LogP contribution in [0.4, 0.5) is 0 Å². The number of carbonyl (C=O) groups excluding carboxylic acids is 3. The van der Waals surface area contributed by atoms with E-state index in [0.717, 1.165) is 5.56 Å². The third-order valence-corrected chi connectivity index (χ3v) is 3.81. The van der Waals surface area contributed by atoms with Gasteiger partial charge in [-0.25, -0.2) is 4.79 Å². The molecule has 6 heteroatoms. The van der Waals surface area contributed by atoms with Gasteiger partial charge < -0.3 is 14.8 Å². The van der Waals surface area contributed by atoms with Crippen LogP contribution in [0.5, 0.6) is 5.75 Å². The molecule has 0 saturated heterocycles. The summed E-state index contributed by atoms with van der Waals surface area (Å²) >= 11 is 0.